The van der Waals surface area contributed by atoms with E-state index in [4.69, 9.17) is 15.0 Å². The Morgan fingerprint density at radius 1 is 1.41 bits per heavy atom. The number of methoxy groups -OCH3 is 1. The standard InChI is InChI=1S/C15H20N4O3/c1-10(17-15(20)12(16)9-21-2)14-18-13(22-19-14)8-11-6-4-3-5-7-11/h3-7,10,12H,8-9,16H2,1-2H3,(H,17,20). The van der Waals surface area contributed by atoms with E-state index < -0.39 is 6.04 Å². The molecular formula is C15H20N4O3. The number of nitrogens with one attached hydrogen (secondary N) is 1. The maximum absolute atomic E-state index is 11.8. The number of carbonyl (C=O) groups is 1. The van der Waals surface area contributed by atoms with Gasteiger partial charge in [0.2, 0.25) is 11.8 Å². The van der Waals surface area contributed by atoms with Gasteiger partial charge in [0.1, 0.15) is 6.04 Å². The van der Waals surface area contributed by atoms with E-state index in [-0.39, 0.29) is 18.6 Å². The highest BCUT2D eigenvalue weighted by Crippen LogP contribution is 2.12. The third kappa shape index (κ3) is 4.37. The number of benzene rings is 1. The van der Waals surface area contributed by atoms with E-state index in [0.717, 1.165) is 5.56 Å². The van der Waals surface area contributed by atoms with Crippen molar-refractivity contribution in [3.63, 3.8) is 0 Å². The van der Waals surface area contributed by atoms with Crippen LogP contribution < -0.4 is 11.1 Å². The van der Waals surface area contributed by atoms with Crippen molar-refractivity contribution < 1.29 is 14.1 Å². The zero-order valence-electron chi connectivity index (χ0n) is 12.7. The summed E-state index contributed by atoms with van der Waals surface area (Å²) in [4.78, 5) is 16.1. The number of ether oxygens (including phenoxy) is 1. The van der Waals surface area contributed by atoms with E-state index in [1.165, 1.54) is 7.11 Å². The van der Waals surface area contributed by atoms with Crippen molar-refractivity contribution in [3.05, 3.63) is 47.6 Å². The average Bonchev–Trinajstić information content (AvgIpc) is 2.97. The molecule has 1 aromatic carbocycles. The number of hydrogen-bond donors (Lipinski definition) is 2. The van der Waals surface area contributed by atoms with Crippen LogP contribution in [0.1, 0.15) is 30.2 Å². The predicted molar refractivity (Wildman–Crippen MR) is 80.0 cm³/mol. The Hall–Kier alpha value is -2.25. The SMILES string of the molecule is COCC(N)C(=O)NC(C)c1noc(Cc2ccccc2)n1. The number of amides is 1. The summed E-state index contributed by atoms with van der Waals surface area (Å²) in [6, 6.07) is 8.72. The number of rotatable bonds is 7. The van der Waals surface area contributed by atoms with Crippen molar-refractivity contribution in [1.82, 2.24) is 15.5 Å². The maximum Gasteiger partial charge on any atom is 0.239 e. The first-order chi connectivity index (χ1) is 10.6. The van der Waals surface area contributed by atoms with Gasteiger partial charge >= 0.3 is 0 Å². The van der Waals surface area contributed by atoms with E-state index in [1.807, 2.05) is 30.3 Å². The van der Waals surface area contributed by atoms with Crippen LogP contribution in [0.4, 0.5) is 0 Å². The van der Waals surface area contributed by atoms with Crippen molar-refractivity contribution in [2.24, 2.45) is 5.73 Å². The van der Waals surface area contributed by atoms with Crippen LogP contribution in [0.15, 0.2) is 34.9 Å². The molecule has 0 bridgehead atoms. The van der Waals surface area contributed by atoms with Crippen LogP contribution in [0.25, 0.3) is 0 Å². The summed E-state index contributed by atoms with van der Waals surface area (Å²) >= 11 is 0. The number of carbonyl (C=O) groups excluding carboxylic acids is 1. The molecule has 0 saturated heterocycles. The highest BCUT2D eigenvalue weighted by Gasteiger charge is 2.20. The monoisotopic (exact) mass is 304 g/mol. The number of aromatic nitrogens is 2. The highest BCUT2D eigenvalue weighted by molar-refractivity contribution is 5.81. The Morgan fingerprint density at radius 2 is 2.14 bits per heavy atom. The second-order valence-electron chi connectivity index (χ2n) is 5.00. The van der Waals surface area contributed by atoms with Gasteiger partial charge in [0.05, 0.1) is 19.1 Å². The zero-order chi connectivity index (χ0) is 15.9. The van der Waals surface area contributed by atoms with Gasteiger partial charge in [0, 0.05) is 7.11 Å². The molecule has 0 spiro atoms. The number of hydrogen-bond acceptors (Lipinski definition) is 6. The van der Waals surface area contributed by atoms with Gasteiger partial charge in [0.25, 0.3) is 0 Å². The van der Waals surface area contributed by atoms with Crippen LogP contribution in [0.2, 0.25) is 0 Å². The third-order valence-electron chi connectivity index (χ3n) is 3.11. The third-order valence-corrected chi connectivity index (χ3v) is 3.11. The molecule has 22 heavy (non-hydrogen) atoms. The molecule has 2 aromatic rings. The Labute approximate surface area is 128 Å². The predicted octanol–water partition coefficient (Wildman–Crippen LogP) is 0.811. The minimum atomic E-state index is -0.719. The van der Waals surface area contributed by atoms with Gasteiger partial charge in [-0.3, -0.25) is 4.79 Å². The van der Waals surface area contributed by atoms with Crippen LogP contribution in [-0.2, 0) is 16.0 Å². The second-order valence-corrected chi connectivity index (χ2v) is 5.00. The molecule has 1 heterocycles. The van der Waals surface area contributed by atoms with Crippen molar-refractivity contribution in [3.8, 4) is 0 Å². The first kappa shape index (κ1) is 16.1. The summed E-state index contributed by atoms with van der Waals surface area (Å²) in [6.45, 7) is 1.93. The van der Waals surface area contributed by atoms with Crippen LogP contribution in [-0.4, -0.2) is 35.8 Å². The molecule has 118 valence electrons. The summed E-state index contributed by atoms with van der Waals surface area (Å²) in [7, 11) is 1.49. The molecule has 3 N–H and O–H groups in total. The fraction of sp³-hybridized carbons (Fsp3) is 0.400. The molecule has 0 aliphatic carbocycles. The largest absolute Gasteiger partial charge is 0.383 e. The molecule has 2 atom stereocenters. The van der Waals surface area contributed by atoms with Gasteiger partial charge in [0.15, 0.2) is 5.82 Å². The lowest BCUT2D eigenvalue weighted by Crippen LogP contribution is -2.44. The van der Waals surface area contributed by atoms with Crippen LogP contribution in [0.5, 0.6) is 0 Å². The normalized spacial score (nSPS) is 13.6. The van der Waals surface area contributed by atoms with E-state index in [0.29, 0.717) is 18.1 Å². The lowest BCUT2D eigenvalue weighted by molar-refractivity contribution is -0.124. The van der Waals surface area contributed by atoms with Crippen molar-refractivity contribution >= 4 is 5.91 Å². The first-order valence-electron chi connectivity index (χ1n) is 7.01. The van der Waals surface area contributed by atoms with Crippen LogP contribution in [0, 0.1) is 0 Å². The number of nitrogens with zero attached hydrogens (tertiary/aromatic N) is 2. The van der Waals surface area contributed by atoms with Gasteiger partial charge in [-0.25, -0.2) is 0 Å². The molecule has 1 aromatic heterocycles. The number of nitrogens with two attached hydrogens (primary N) is 1. The van der Waals surface area contributed by atoms with Crippen molar-refractivity contribution in [1.29, 1.82) is 0 Å². The summed E-state index contributed by atoms with van der Waals surface area (Å²) in [5.41, 5.74) is 6.74. The van der Waals surface area contributed by atoms with Gasteiger partial charge in [-0.2, -0.15) is 4.98 Å². The maximum atomic E-state index is 11.8. The molecule has 0 aliphatic rings. The lowest BCUT2D eigenvalue weighted by Gasteiger charge is -2.14. The van der Waals surface area contributed by atoms with E-state index in [2.05, 4.69) is 15.5 Å². The molecule has 0 aliphatic heterocycles. The van der Waals surface area contributed by atoms with Gasteiger partial charge in [-0.1, -0.05) is 35.5 Å². The van der Waals surface area contributed by atoms with Crippen LogP contribution in [0.3, 0.4) is 0 Å². The van der Waals surface area contributed by atoms with Crippen molar-refractivity contribution in [2.45, 2.75) is 25.4 Å². The second kappa shape index (κ2) is 7.67. The summed E-state index contributed by atoms with van der Waals surface area (Å²) in [5.74, 6) is 0.608. The molecule has 0 saturated carbocycles. The van der Waals surface area contributed by atoms with Gasteiger partial charge in [-0.15, -0.1) is 0 Å². The molecule has 7 heteroatoms. The fourth-order valence-corrected chi connectivity index (χ4v) is 1.93. The smallest absolute Gasteiger partial charge is 0.239 e. The van der Waals surface area contributed by atoms with Crippen molar-refractivity contribution in [2.75, 3.05) is 13.7 Å². The fourth-order valence-electron chi connectivity index (χ4n) is 1.93. The minimum Gasteiger partial charge on any atom is -0.383 e. The van der Waals surface area contributed by atoms with E-state index in [9.17, 15) is 4.79 Å². The molecular weight excluding hydrogens is 284 g/mol. The minimum absolute atomic E-state index is 0.157. The molecule has 2 rings (SSSR count). The van der Waals surface area contributed by atoms with Crippen LogP contribution >= 0.6 is 0 Å². The summed E-state index contributed by atoms with van der Waals surface area (Å²) in [5, 5.41) is 6.63. The first-order valence-corrected chi connectivity index (χ1v) is 7.01. The van der Waals surface area contributed by atoms with E-state index >= 15 is 0 Å². The topological polar surface area (TPSA) is 103 Å². The highest BCUT2D eigenvalue weighted by atomic mass is 16.5. The quantitative estimate of drug-likeness (QED) is 0.784. The Morgan fingerprint density at radius 3 is 2.82 bits per heavy atom. The molecule has 2 unspecified atom stereocenters. The molecule has 0 fully saturated rings. The average molecular weight is 304 g/mol. The Bertz CT molecular complexity index is 600. The molecule has 0 radical (unpaired) electrons. The molecule has 1 amide bonds. The summed E-state index contributed by atoms with van der Waals surface area (Å²) in [6.07, 6.45) is 0.553. The Kier molecular flexibility index (Phi) is 5.62. The van der Waals surface area contributed by atoms with Gasteiger partial charge in [-0.05, 0) is 12.5 Å². The molecule has 7 nitrogen and oxygen atoms in total. The summed E-state index contributed by atoms with van der Waals surface area (Å²) < 4.78 is 10.1. The zero-order valence-corrected chi connectivity index (χ0v) is 12.7. The Balaban J connectivity index is 1.94. The van der Waals surface area contributed by atoms with Gasteiger partial charge < -0.3 is 20.3 Å². The van der Waals surface area contributed by atoms with E-state index in [1.54, 1.807) is 6.92 Å². The lowest BCUT2D eigenvalue weighted by atomic mass is 10.1.